The van der Waals surface area contributed by atoms with Gasteiger partial charge < -0.3 is 13.7 Å². The molecule has 0 unspecified atom stereocenters. The van der Waals surface area contributed by atoms with Crippen LogP contribution in [0.5, 0.6) is 0 Å². The van der Waals surface area contributed by atoms with E-state index in [0.717, 1.165) is 26.4 Å². The molecule has 0 N–H and O–H groups in total. The Kier molecular flexibility index (Phi) is 2.92. The topological polar surface area (TPSA) is 81.4 Å². The average Bonchev–Trinajstić information content (AvgIpc) is 3.28. The van der Waals surface area contributed by atoms with Crippen molar-refractivity contribution in [1.29, 1.82) is 0 Å². The fourth-order valence-corrected chi connectivity index (χ4v) is 6.93. The van der Waals surface area contributed by atoms with E-state index < -0.39 is 21.7 Å². The Morgan fingerprint density at radius 3 is 1.58 bits per heavy atom. The van der Waals surface area contributed by atoms with Crippen LogP contribution in [0.25, 0.3) is 43.6 Å². The molecule has 0 fully saturated rings. The van der Waals surface area contributed by atoms with E-state index in [1.165, 1.54) is 0 Å². The lowest BCUT2D eigenvalue weighted by atomic mass is 9.97. The summed E-state index contributed by atoms with van der Waals surface area (Å²) in [5, 5.41) is 2.76. The molecular formula is C22H12N3O4SSi. The van der Waals surface area contributed by atoms with Crippen LogP contribution in [0.15, 0.2) is 48.5 Å². The Morgan fingerprint density at radius 2 is 1.13 bits per heavy atom. The third-order valence-electron chi connectivity index (χ3n) is 6.40. The zero-order chi connectivity index (χ0) is 21.2. The maximum absolute atomic E-state index is 13.2. The largest absolute Gasteiger partial charge is 0.324 e. The first-order chi connectivity index (χ1) is 14.9. The molecule has 0 saturated carbocycles. The second-order valence-corrected chi connectivity index (χ2v) is 10.5. The predicted molar refractivity (Wildman–Crippen MR) is 118 cm³/mol. The van der Waals surface area contributed by atoms with Crippen molar-refractivity contribution in [2.75, 3.05) is 0 Å². The van der Waals surface area contributed by atoms with E-state index in [9.17, 15) is 18.0 Å². The van der Waals surface area contributed by atoms with Crippen LogP contribution >= 0.6 is 0 Å². The number of nitrogens with zero attached hydrogens (tertiary/aromatic N) is 3. The zero-order valence-electron chi connectivity index (χ0n) is 15.9. The fraction of sp³-hybridized carbons (Fsp3) is 0.0909. The van der Waals surface area contributed by atoms with Gasteiger partial charge in [0.25, 0.3) is 11.8 Å². The number of imide groups is 1. The lowest BCUT2D eigenvalue weighted by Crippen LogP contribution is -2.26. The summed E-state index contributed by atoms with van der Waals surface area (Å²) in [7, 11) is -0.321. The van der Waals surface area contributed by atoms with Crippen LogP contribution < -0.4 is 0 Å². The number of carbonyl (C=O) groups excluding carboxylic acids is 2. The maximum Gasteiger partial charge on any atom is 0.253 e. The Balaban J connectivity index is 1.94. The van der Waals surface area contributed by atoms with Gasteiger partial charge in [0.15, 0.2) is 9.84 Å². The van der Waals surface area contributed by atoms with E-state index in [1.807, 2.05) is 48.5 Å². The second kappa shape index (κ2) is 5.24. The zero-order valence-corrected chi connectivity index (χ0v) is 17.7. The van der Waals surface area contributed by atoms with Crippen molar-refractivity contribution in [1.82, 2.24) is 13.7 Å². The van der Waals surface area contributed by atoms with E-state index in [4.69, 9.17) is 0 Å². The van der Waals surface area contributed by atoms with Crippen molar-refractivity contribution in [2.24, 2.45) is 0 Å². The van der Waals surface area contributed by atoms with Crippen molar-refractivity contribution in [3.05, 3.63) is 59.7 Å². The molecule has 3 radical (unpaired) electrons. The average molecular weight is 443 g/mol. The van der Waals surface area contributed by atoms with Crippen molar-refractivity contribution in [2.45, 2.75) is 11.8 Å². The molecule has 3 aromatic carbocycles. The molecule has 9 heteroatoms. The van der Waals surface area contributed by atoms with Gasteiger partial charge >= 0.3 is 0 Å². The third-order valence-corrected chi connectivity index (χ3v) is 8.11. The van der Waals surface area contributed by atoms with Gasteiger partial charge in [0.1, 0.15) is 11.8 Å². The van der Waals surface area contributed by atoms with E-state index in [0.29, 0.717) is 32.9 Å². The van der Waals surface area contributed by atoms with Crippen LogP contribution in [0, 0.1) is 0 Å². The molecule has 4 heterocycles. The van der Waals surface area contributed by atoms with Crippen molar-refractivity contribution in [3.8, 4) is 0 Å². The van der Waals surface area contributed by atoms with Gasteiger partial charge in [-0.3, -0.25) is 9.59 Å². The summed E-state index contributed by atoms with van der Waals surface area (Å²) in [6.07, 6.45) is 0. The molecule has 2 aliphatic rings. The first-order valence-corrected chi connectivity index (χ1v) is 11.9. The highest BCUT2D eigenvalue weighted by Crippen LogP contribution is 2.47. The molecule has 7 nitrogen and oxygen atoms in total. The van der Waals surface area contributed by atoms with Gasteiger partial charge in [-0.1, -0.05) is 36.4 Å². The van der Waals surface area contributed by atoms with Crippen LogP contribution in [-0.4, -0.2) is 44.3 Å². The summed E-state index contributed by atoms with van der Waals surface area (Å²) in [4.78, 5) is 26.4. The minimum Gasteiger partial charge on any atom is -0.324 e. The SMILES string of the molecule is O=C1c2c(c3c4ccccc4n4c3c3c2c2ccccc2n3CS(=O)(=O)C4)C(=O)N1[Si]. The standard InChI is InChI=1S/C22H12N3O4SSi/c26-21-17-15-11-5-1-3-7-13(11)23-9-30(28,29)10-24-14-8-4-2-6-12(14)16(20(24)19(15)23)18(17)22(27)25(21)31/h1-8H,9-10H2. The maximum atomic E-state index is 13.2. The van der Waals surface area contributed by atoms with Gasteiger partial charge in [0.2, 0.25) is 10.4 Å². The van der Waals surface area contributed by atoms with E-state index in [-0.39, 0.29) is 11.8 Å². The van der Waals surface area contributed by atoms with Gasteiger partial charge in [-0.2, -0.15) is 0 Å². The molecule has 5 aromatic rings. The molecule has 7 rings (SSSR count). The number of hydrogen-bond acceptors (Lipinski definition) is 4. The number of fused-ring (bicyclic) bond motifs is 9. The minimum atomic E-state index is -3.52. The van der Waals surface area contributed by atoms with Crippen LogP contribution in [-0.2, 0) is 21.6 Å². The van der Waals surface area contributed by atoms with Gasteiger partial charge in [-0.25, -0.2) is 8.42 Å². The van der Waals surface area contributed by atoms with Crippen LogP contribution in [0.2, 0.25) is 0 Å². The first-order valence-electron chi connectivity index (χ1n) is 9.67. The second-order valence-electron chi connectivity index (χ2n) is 8.04. The lowest BCUT2D eigenvalue weighted by Gasteiger charge is -2.06. The highest BCUT2D eigenvalue weighted by Gasteiger charge is 2.41. The van der Waals surface area contributed by atoms with Crippen molar-refractivity contribution in [3.63, 3.8) is 0 Å². The molecular weight excluding hydrogens is 430 g/mol. The van der Waals surface area contributed by atoms with E-state index in [1.54, 1.807) is 9.13 Å². The molecule has 2 aromatic heterocycles. The number of amides is 2. The monoisotopic (exact) mass is 442 g/mol. The summed E-state index contributed by atoms with van der Waals surface area (Å²) in [5.74, 6) is -1.27. The number of sulfone groups is 1. The molecule has 0 aliphatic carbocycles. The third kappa shape index (κ3) is 1.87. The highest BCUT2D eigenvalue weighted by atomic mass is 32.2. The Hall–Kier alpha value is -3.43. The molecule has 2 aliphatic heterocycles. The molecule has 31 heavy (non-hydrogen) atoms. The van der Waals surface area contributed by atoms with Crippen LogP contribution in [0.4, 0.5) is 0 Å². The van der Waals surface area contributed by atoms with E-state index in [2.05, 4.69) is 10.4 Å². The summed E-state index contributed by atoms with van der Waals surface area (Å²) in [6, 6.07) is 14.8. The summed E-state index contributed by atoms with van der Waals surface area (Å²) in [6.45, 7) is 0. The molecule has 149 valence electrons. The van der Waals surface area contributed by atoms with Crippen LogP contribution in [0.3, 0.4) is 0 Å². The van der Waals surface area contributed by atoms with Crippen molar-refractivity contribution < 1.29 is 18.0 Å². The number of carbonyl (C=O) groups is 2. The van der Waals surface area contributed by atoms with Gasteiger partial charge in [0, 0.05) is 21.5 Å². The highest BCUT2D eigenvalue weighted by molar-refractivity contribution is 7.89. The number of benzene rings is 3. The summed E-state index contributed by atoms with van der Waals surface area (Å²) >= 11 is 0. The normalized spacial score (nSPS) is 17.5. The number of aromatic nitrogens is 2. The minimum absolute atomic E-state index is 0.194. The smallest absolute Gasteiger partial charge is 0.253 e. The number of para-hydroxylation sites is 2. The first kappa shape index (κ1) is 17.3. The quantitative estimate of drug-likeness (QED) is 0.273. The number of rotatable bonds is 0. The Labute approximate surface area is 178 Å². The summed E-state index contributed by atoms with van der Waals surface area (Å²) < 4.78 is 30.8. The molecule has 0 bridgehead atoms. The molecule has 0 spiro atoms. The molecule has 0 saturated heterocycles. The molecule has 2 amide bonds. The van der Waals surface area contributed by atoms with Crippen molar-refractivity contribution >= 4 is 75.7 Å². The van der Waals surface area contributed by atoms with Gasteiger partial charge in [0.05, 0.1) is 33.2 Å². The van der Waals surface area contributed by atoms with Gasteiger partial charge in [-0.15, -0.1) is 0 Å². The lowest BCUT2D eigenvalue weighted by molar-refractivity contribution is 0.0767. The Bertz CT molecular complexity index is 1690. The molecule has 0 atom stereocenters. The number of hydrogen-bond donors (Lipinski definition) is 0. The summed E-state index contributed by atoms with van der Waals surface area (Å²) in [5.41, 5.74) is 3.44. The fourth-order valence-electron chi connectivity index (χ4n) is 5.30. The van der Waals surface area contributed by atoms with E-state index >= 15 is 0 Å². The predicted octanol–water partition coefficient (Wildman–Crippen LogP) is 2.93. The van der Waals surface area contributed by atoms with Crippen LogP contribution in [0.1, 0.15) is 20.7 Å². The Morgan fingerprint density at radius 1 is 0.710 bits per heavy atom. The van der Waals surface area contributed by atoms with Gasteiger partial charge in [-0.05, 0) is 12.1 Å².